The lowest BCUT2D eigenvalue weighted by molar-refractivity contribution is -0.186. The van der Waals surface area contributed by atoms with Gasteiger partial charge in [-0.25, -0.2) is 0 Å². The molecule has 0 aromatic heterocycles. The smallest absolute Gasteiger partial charge is 0.255 e. The number of carbonyl (C=O) groups is 1. The van der Waals surface area contributed by atoms with E-state index in [1.165, 1.54) is 13.5 Å². The Morgan fingerprint density at radius 3 is 2.75 bits per heavy atom. The van der Waals surface area contributed by atoms with Crippen LogP contribution in [0.2, 0.25) is 0 Å². The lowest BCUT2D eigenvalue weighted by atomic mass is 9.94. The molecule has 2 fully saturated rings. The van der Waals surface area contributed by atoms with Crippen LogP contribution in [0.3, 0.4) is 0 Å². The predicted octanol–water partition coefficient (Wildman–Crippen LogP) is 2.51. The zero-order valence-electron chi connectivity index (χ0n) is 14.3. The summed E-state index contributed by atoms with van der Waals surface area (Å²) in [4.78, 5) is 12.5. The third-order valence-corrected chi connectivity index (χ3v) is 4.67. The van der Waals surface area contributed by atoms with Crippen molar-refractivity contribution in [3.8, 4) is 11.5 Å². The first kappa shape index (κ1) is 17.0. The van der Waals surface area contributed by atoms with Gasteiger partial charge in [-0.1, -0.05) is 12.5 Å². The highest BCUT2D eigenvalue weighted by molar-refractivity contribution is 5.97. The third kappa shape index (κ3) is 3.49. The zero-order chi connectivity index (χ0) is 17.0. The molecule has 1 aromatic carbocycles. The van der Waals surface area contributed by atoms with Crippen LogP contribution in [0.4, 0.5) is 0 Å². The first-order valence-corrected chi connectivity index (χ1v) is 8.48. The predicted molar refractivity (Wildman–Crippen MR) is 88.5 cm³/mol. The number of para-hydroxylation sites is 1. The Morgan fingerprint density at radius 2 is 2.04 bits per heavy atom. The average Bonchev–Trinajstić information content (AvgIpc) is 3.01. The van der Waals surface area contributed by atoms with Gasteiger partial charge in [0.15, 0.2) is 17.3 Å². The molecule has 1 aliphatic carbocycles. The number of hydrogen-bond donors (Lipinski definition) is 1. The fraction of sp³-hybridized carbons (Fsp3) is 0.611. The number of carbonyl (C=O) groups excluding carboxylic acids is 1. The van der Waals surface area contributed by atoms with Crippen molar-refractivity contribution in [2.24, 2.45) is 0 Å². The van der Waals surface area contributed by atoms with Crippen LogP contribution >= 0.6 is 0 Å². The lowest BCUT2D eigenvalue weighted by Crippen LogP contribution is -2.37. The minimum Gasteiger partial charge on any atom is -0.493 e. The Morgan fingerprint density at radius 1 is 1.25 bits per heavy atom. The molecule has 1 amide bonds. The molecule has 1 saturated carbocycles. The number of rotatable bonds is 5. The number of methoxy groups -OCH3 is 2. The number of amides is 1. The third-order valence-electron chi connectivity index (χ3n) is 4.67. The molecule has 6 heteroatoms. The molecule has 24 heavy (non-hydrogen) atoms. The molecular formula is C18H25NO5. The molecule has 0 unspecified atom stereocenters. The number of nitrogens with one attached hydrogen (secondary N) is 1. The average molecular weight is 335 g/mol. The second-order valence-corrected chi connectivity index (χ2v) is 6.27. The quantitative estimate of drug-likeness (QED) is 0.896. The summed E-state index contributed by atoms with van der Waals surface area (Å²) < 4.78 is 22.5. The topological polar surface area (TPSA) is 66.0 Å². The highest BCUT2D eigenvalue weighted by Gasteiger charge is 2.42. The second-order valence-electron chi connectivity index (χ2n) is 6.27. The van der Waals surface area contributed by atoms with Gasteiger partial charge < -0.3 is 24.3 Å². The molecule has 132 valence electrons. The first-order valence-electron chi connectivity index (χ1n) is 8.48. The second kappa shape index (κ2) is 7.40. The fourth-order valence-electron chi connectivity index (χ4n) is 3.44. The van der Waals surface area contributed by atoms with E-state index in [9.17, 15) is 4.79 Å². The van der Waals surface area contributed by atoms with Gasteiger partial charge in [-0.2, -0.15) is 0 Å². The van der Waals surface area contributed by atoms with Crippen molar-refractivity contribution in [2.45, 2.75) is 44.0 Å². The molecule has 1 aliphatic heterocycles. The molecule has 2 aliphatic rings. The standard InChI is InChI=1S/C18H25NO5/c1-21-15-8-6-7-14(16(15)22-2)17(20)19-11-13-12-23-18(24-13)9-4-3-5-10-18/h6-8,13H,3-5,9-12H2,1-2H3,(H,19,20)/t13-/m1/s1. The van der Waals surface area contributed by atoms with E-state index >= 15 is 0 Å². The molecule has 1 saturated heterocycles. The van der Waals surface area contributed by atoms with E-state index in [1.807, 2.05) is 0 Å². The van der Waals surface area contributed by atoms with Gasteiger partial charge in [0.05, 0.1) is 26.4 Å². The number of hydrogen-bond acceptors (Lipinski definition) is 5. The van der Waals surface area contributed by atoms with E-state index in [2.05, 4.69) is 5.32 Å². The molecule has 3 rings (SSSR count). The van der Waals surface area contributed by atoms with E-state index in [0.717, 1.165) is 25.7 Å². The van der Waals surface area contributed by atoms with Crippen molar-refractivity contribution < 1.29 is 23.7 Å². The van der Waals surface area contributed by atoms with Crippen LogP contribution in [0.5, 0.6) is 11.5 Å². The zero-order valence-corrected chi connectivity index (χ0v) is 14.3. The van der Waals surface area contributed by atoms with Crippen LogP contribution in [0.1, 0.15) is 42.5 Å². The highest BCUT2D eigenvalue weighted by Crippen LogP contribution is 2.37. The first-order chi connectivity index (χ1) is 11.7. The molecule has 1 heterocycles. The normalized spacial score (nSPS) is 22.3. The Kier molecular flexibility index (Phi) is 5.26. The van der Waals surface area contributed by atoms with Crippen LogP contribution in [0.15, 0.2) is 18.2 Å². The summed E-state index contributed by atoms with van der Waals surface area (Å²) in [5.41, 5.74) is 0.447. The van der Waals surface area contributed by atoms with Gasteiger partial charge in [-0.15, -0.1) is 0 Å². The SMILES string of the molecule is COc1cccc(C(=O)NC[C@@H]2COC3(CCCCC3)O2)c1OC. The molecule has 1 spiro atoms. The molecule has 1 aromatic rings. The lowest BCUT2D eigenvalue weighted by Gasteiger charge is -2.31. The summed E-state index contributed by atoms with van der Waals surface area (Å²) in [5, 5.41) is 2.91. The molecule has 0 radical (unpaired) electrons. The van der Waals surface area contributed by atoms with Gasteiger partial charge in [0.25, 0.3) is 5.91 Å². The molecule has 6 nitrogen and oxygen atoms in total. The maximum Gasteiger partial charge on any atom is 0.255 e. The number of benzene rings is 1. The summed E-state index contributed by atoms with van der Waals surface area (Å²) in [6.07, 6.45) is 5.30. The van der Waals surface area contributed by atoms with E-state index < -0.39 is 5.79 Å². The summed E-state index contributed by atoms with van der Waals surface area (Å²) in [5.74, 6) is 0.344. The van der Waals surface area contributed by atoms with Crippen molar-refractivity contribution in [3.05, 3.63) is 23.8 Å². The Labute approximate surface area is 142 Å². The van der Waals surface area contributed by atoms with Gasteiger partial charge in [0, 0.05) is 19.4 Å². The summed E-state index contributed by atoms with van der Waals surface area (Å²) in [7, 11) is 3.07. The monoisotopic (exact) mass is 335 g/mol. The summed E-state index contributed by atoms with van der Waals surface area (Å²) in [6, 6.07) is 5.24. The van der Waals surface area contributed by atoms with E-state index in [0.29, 0.717) is 30.2 Å². The van der Waals surface area contributed by atoms with Crippen LogP contribution in [-0.2, 0) is 9.47 Å². The molecule has 1 N–H and O–H groups in total. The minimum absolute atomic E-state index is 0.108. The van der Waals surface area contributed by atoms with Gasteiger partial charge in [0.1, 0.15) is 6.10 Å². The Hall–Kier alpha value is -1.79. The Bertz CT molecular complexity index is 583. The van der Waals surface area contributed by atoms with Crippen molar-refractivity contribution >= 4 is 5.91 Å². The van der Waals surface area contributed by atoms with Gasteiger partial charge in [0.2, 0.25) is 0 Å². The van der Waals surface area contributed by atoms with Crippen molar-refractivity contribution in [1.82, 2.24) is 5.32 Å². The van der Waals surface area contributed by atoms with Crippen molar-refractivity contribution in [1.29, 1.82) is 0 Å². The number of ether oxygens (including phenoxy) is 4. The summed E-state index contributed by atoms with van der Waals surface area (Å²) >= 11 is 0. The molecule has 1 atom stereocenters. The van der Waals surface area contributed by atoms with Gasteiger partial charge in [-0.05, 0) is 25.0 Å². The van der Waals surface area contributed by atoms with Crippen LogP contribution < -0.4 is 14.8 Å². The Balaban J connectivity index is 1.58. The fourth-order valence-corrected chi connectivity index (χ4v) is 3.44. The van der Waals surface area contributed by atoms with Crippen molar-refractivity contribution in [3.63, 3.8) is 0 Å². The van der Waals surface area contributed by atoms with Gasteiger partial charge in [-0.3, -0.25) is 4.79 Å². The van der Waals surface area contributed by atoms with Crippen LogP contribution in [0, 0.1) is 0 Å². The maximum absolute atomic E-state index is 12.5. The van der Waals surface area contributed by atoms with Crippen LogP contribution in [-0.4, -0.2) is 45.2 Å². The van der Waals surface area contributed by atoms with Crippen molar-refractivity contribution in [2.75, 3.05) is 27.4 Å². The maximum atomic E-state index is 12.5. The largest absolute Gasteiger partial charge is 0.493 e. The van der Waals surface area contributed by atoms with E-state index in [-0.39, 0.29) is 12.0 Å². The summed E-state index contributed by atoms with van der Waals surface area (Å²) in [6.45, 7) is 0.941. The molecule has 0 bridgehead atoms. The van der Waals surface area contributed by atoms with E-state index in [4.69, 9.17) is 18.9 Å². The van der Waals surface area contributed by atoms with Gasteiger partial charge >= 0.3 is 0 Å². The van der Waals surface area contributed by atoms with E-state index in [1.54, 1.807) is 25.3 Å². The highest BCUT2D eigenvalue weighted by atomic mass is 16.7. The molecular weight excluding hydrogens is 310 g/mol. The van der Waals surface area contributed by atoms with Crippen LogP contribution in [0.25, 0.3) is 0 Å². The minimum atomic E-state index is -0.415.